The van der Waals surface area contributed by atoms with E-state index in [1.165, 1.54) is 23.4 Å². The van der Waals surface area contributed by atoms with E-state index in [0.29, 0.717) is 0 Å². The largest absolute Gasteiger partial charge is 0.241 e. The van der Waals surface area contributed by atoms with Crippen LogP contribution in [0.15, 0.2) is 34.1 Å². The molecule has 1 aromatic heterocycles. The summed E-state index contributed by atoms with van der Waals surface area (Å²) >= 11 is 5.35. The predicted octanol–water partition coefficient (Wildman–Crippen LogP) is 4.45. The second-order valence-corrected chi connectivity index (χ2v) is 5.57. The number of rotatable bonds is 2. The summed E-state index contributed by atoms with van der Waals surface area (Å²) in [7, 11) is 0. The maximum Gasteiger partial charge on any atom is 0.0963 e. The summed E-state index contributed by atoms with van der Waals surface area (Å²) in [5, 5.41) is 3.47. The van der Waals surface area contributed by atoms with E-state index in [1.54, 1.807) is 11.3 Å². The van der Waals surface area contributed by atoms with Gasteiger partial charge in [0.05, 0.1) is 10.7 Å². The molecule has 76 valence electrons. The molecule has 3 rings (SSSR count). The molecule has 1 saturated carbocycles. The molecule has 0 saturated heterocycles. The maximum absolute atomic E-state index is 4.69. The van der Waals surface area contributed by atoms with E-state index in [0.717, 1.165) is 16.1 Å². The first-order chi connectivity index (χ1) is 7.34. The van der Waals surface area contributed by atoms with E-state index in [-0.39, 0.29) is 0 Å². The molecule has 15 heavy (non-hydrogen) atoms. The van der Waals surface area contributed by atoms with Crippen molar-refractivity contribution in [3.05, 3.63) is 39.1 Å². The minimum Gasteiger partial charge on any atom is -0.241 e. The van der Waals surface area contributed by atoms with Gasteiger partial charge in [-0.3, -0.25) is 0 Å². The number of hydrogen-bond acceptors (Lipinski definition) is 2. The Morgan fingerprint density at radius 3 is 2.80 bits per heavy atom. The van der Waals surface area contributed by atoms with Gasteiger partial charge in [-0.1, -0.05) is 34.1 Å². The fourth-order valence-corrected chi connectivity index (χ4v) is 3.08. The molecule has 0 bridgehead atoms. The molecule has 0 amide bonds. The van der Waals surface area contributed by atoms with E-state index in [4.69, 9.17) is 4.98 Å². The lowest BCUT2D eigenvalue weighted by molar-refractivity contribution is 1.08. The lowest BCUT2D eigenvalue weighted by Crippen LogP contribution is -1.81. The number of thiazole rings is 1. The molecule has 1 aromatic carbocycles. The minimum absolute atomic E-state index is 0.756. The van der Waals surface area contributed by atoms with Crippen LogP contribution in [0.1, 0.15) is 23.8 Å². The third-order valence-electron chi connectivity index (χ3n) is 2.60. The SMILES string of the molecule is Brc1ccccc1-c1csc(C2CC2)n1. The first-order valence-electron chi connectivity index (χ1n) is 5.05. The van der Waals surface area contributed by atoms with E-state index in [1.807, 2.05) is 6.07 Å². The van der Waals surface area contributed by atoms with Gasteiger partial charge in [-0.2, -0.15) is 0 Å². The fourth-order valence-electron chi connectivity index (χ4n) is 1.60. The summed E-state index contributed by atoms with van der Waals surface area (Å²) in [4.78, 5) is 4.69. The van der Waals surface area contributed by atoms with Crippen molar-refractivity contribution in [2.75, 3.05) is 0 Å². The van der Waals surface area contributed by atoms with Crippen LogP contribution in [0, 0.1) is 0 Å². The summed E-state index contributed by atoms with van der Waals surface area (Å²) in [5.41, 5.74) is 2.30. The summed E-state index contributed by atoms with van der Waals surface area (Å²) in [6.07, 6.45) is 2.64. The fraction of sp³-hybridized carbons (Fsp3) is 0.250. The van der Waals surface area contributed by atoms with Gasteiger partial charge in [-0.15, -0.1) is 11.3 Å². The molecule has 0 aliphatic heterocycles. The molecule has 1 aliphatic carbocycles. The molecule has 2 aromatic rings. The molecule has 0 atom stereocenters. The minimum atomic E-state index is 0.756. The summed E-state index contributed by atoms with van der Waals surface area (Å²) in [6, 6.07) is 8.25. The Morgan fingerprint density at radius 2 is 2.07 bits per heavy atom. The van der Waals surface area contributed by atoms with Crippen molar-refractivity contribution in [3.63, 3.8) is 0 Å². The van der Waals surface area contributed by atoms with Crippen molar-refractivity contribution >= 4 is 27.3 Å². The average Bonchev–Trinajstić information content (AvgIpc) is 2.99. The highest BCUT2D eigenvalue weighted by Gasteiger charge is 2.26. The molecule has 0 spiro atoms. The van der Waals surface area contributed by atoms with Crippen LogP contribution in [0.3, 0.4) is 0 Å². The smallest absolute Gasteiger partial charge is 0.0963 e. The zero-order valence-corrected chi connectivity index (χ0v) is 10.5. The number of nitrogens with zero attached hydrogens (tertiary/aromatic N) is 1. The third-order valence-corrected chi connectivity index (χ3v) is 4.30. The van der Waals surface area contributed by atoms with Gasteiger partial charge < -0.3 is 0 Å². The van der Waals surface area contributed by atoms with Crippen molar-refractivity contribution in [1.82, 2.24) is 4.98 Å². The third kappa shape index (κ3) is 1.86. The first kappa shape index (κ1) is 9.55. The molecule has 1 fully saturated rings. The summed E-state index contributed by atoms with van der Waals surface area (Å²) < 4.78 is 1.12. The Kier molecular flexibility index (Phi) is 2.37. The van der Waals surface area contributed by atoms with E-state index < -0.39 is 0 Å². The monoisotopic (exact) mass is 279 g/mol. The standard InChI is InChI=1S/C12H10BrNS/c13-10-4-2-1-3-9(10)11-7-15-12(14-11)8-5-6-8/h1-4,7-8H,5-6H2. The highest BCUT2D eigenvalue weighted by Crippen LogP contribution is 2.42. The van der Waals surface area contributed by atoms with Crippen LogP contribution in [0.2, 0.25) is 0 Å². The van der Waals surface area contributed by atoms with Gasteiger partial charge in [-0.25, -0.2) is 4.98 Å². The molecule has 1 nitrogen and oxygen atoms in total. The van der Waals surface area contributed by atoms with Crippen molar-refractivity contribution in [2.45, 2.75) is 18.8 Å². The molecule has 0 radical (unpaired) electrons. The molecule has 1 aliphatic rings. The topological polar surface area (TPSA) is 12.9 Å². The molecule has 1 heterocycles. The maximum atomic E-state index is 4.69. The normalized spacial score (nSPS) is 15.5. The lowest BCUT2D eigenvalue weighted by Gasteiger charge is -1.98. The van der Waals surface area contributed by atoms with Crippen molar-refractivity contribution in [1.29, 1.82) is 0 Å². The first-order valence-corrected chi connectivity index (χ1v) is 6.72. The van der Waals surface area contributed by atoms with Gasteiger partial charge in [-0.05, 0) is 18.9 Å². The van der Waals surface area contributed by atoms with Crippen molar-refractivity contribution in [2.24, 2.45) is 0 Å². The molecule has 0 N–H and O–H groups in total. The van der Waals surface area contributed by atoms with Gasteiger partial charge in [0.15, 0.2) is 0 Å². The highest BCUT2D eigenvalue weighted by molar-refractivity contribution is 9.10. The lowest BCUT2D eigenvalue weighted by atomic mass is 10.2. The van der Waals surface area contributed by atoms with E-state index in [2.05, 4.69) is 39.5 Å². The van der Waals surface area contributed by atoms with Crippen LogP contribution < -0.4 is 0 Å². The molecule has 3 heteroatoms. The zero-order chi connectivity index (χ0) is 10.3. The van der Waals surface area contributed by atoms with Crippen LogP contribution in [0.4, 0.5) is 0 Å². The van der Waals surface area contributed by atoms with Crippen molar-refractivity contribution in [3.8, 4) is 11.3 Å². The van der Waals surface area contributed by atoms with Gasteiger partial charge in [0.2, 0.25) is 0 Å². The van der Waals surface area contributed by atoms with Crippen LogP contribution in [0.25, 0.3) is 11.3 Å². The quantitative estimate of drug-likeness (QED) is 0.792. The van der Waals surface area contributed by atoms with Gasteiger partial charge in [0.25, 0.3) is 0 Å². The van der Waals surface area contributed by atoms with Gasteiger partial charge >= 0.3 is 0 Å². The Labute approximate surface area is 101 Å². The second kappa shape index (κ2) is 3.72. The number of halogens is 1. The molecular formula is C12H10BrNS. The Bertz CT molecular complexity index is 488. The summed E-state index contributed by atoms with van der Waals surface area (Å²) in [5.74, 6) is 0.756. The van der Waals surface area contributed by atoms with Crippen LogP contribution in [0.5, 0.6) is 0 Å². The Morgan fingerprint density at radius 1 is 1.27 bits per heavy atom. The summed E-state index contributed by atoms with van der Waals surface area (Å²) in [6.45, 7) is 0. The van der Waals surface area contributed by atoms with Crippen molar-refractivity contribution < 1.29 is 0 Å². The number of hydrogen-bond donors (Lipinski definition) is 0. The van der Waals surface area contributed by atoms with E-state index >= 15 is 0 Å². The van der Waals surface area contributed by atoms with Crippen LogP contribution in [-0.2, 0) is 0 Å². The Balaban J connectivity index is 2.01. The Hall–Kier alpha value is -0.670. The number of aromatic nitrogens is 1. The second-order valence-electron chi connectivity index (χ2n) is 3.83. The highest BCUT2D eigenvalue weighted by atomic mass is 79.9. The average molecular weight is 280 g/mol. The van der Waals surface area contributed by atoms with E-state index in [9.17, 15) is 0 Å². The molecular weight excluding hydrogens is 270 g/mol. The predicted molar refractivity (Wildman–Crippen MR) is 67.2 cm³/mol. The van der Waals surface area contributed by atoms with Crippen LogP contribution in [-0.4, -0.2) is 4.98 Å². The number of benzene rings is 1. The van der Waals surface area contributed by atoms with Gasteiger partial charge in [0.1, 0.15) is 0 Å². The van der Waals surface area contributed by atoms with Gasteiger partial charge in [0, 0.05) is 21.3 Å². The zero-order valence-electron chi connectivity index (χ0n) is 8.11. The van der Waals surface area contributed by atoms with Crippen LogP contribution >= 0.6 is 27.3 Å². The molecule has 0 unspecified atom stereocenters.